The summed E-state index contributed by atoms with van der Waals surface area (Å²) in [7, 11) is 0. The molecular weight excluding hydrogens is 615 g/mol. The van der Waals surface area contributed by atoms with Crippen molar-refractivity contribution in [2.24, 2.45) is 0 Å². The monoisotopic (exact) mass is 641 g/mol. The number of allylic oxidation sites excluding steroid dienone is 1. The van der Waals surface area contributed by atoms with E-state index in [0.717, 1.165) is 22.7 Å². The van der Waals surface area contributed by atoms with Crippen LogP contribution in [0.25, 0.3) is 11.4 Å². The maximum atomic E-state index is 14.0. The standard InChI is InChI=1S/C30H27ClF3N7O4/c1-16(2)25-37-28-40(15-22(43)36-19-6-5-17(14-18(19)31)30(32,33)34)20-7-8-29(23(20)26(44)41(28)38-25)9-12-39(13-10-29)27(45)24-21(42)4-3-11-35-24/h3-6,11,14,42H,1,7-10,12-13,15H2,2H3,(H,36,43). The fourth-order valence-corrected chi connectivity index (χ4v) is 6.43. The van der Waals surface area contributed by atoms with Crippen LogP contribution in [0.3, 0.4) is 0 Å². The van der Waals surface area contributed by atoms with Gasteiger partial charge in [0.25, 0.3) is 11.5 Å². The number of anilines is 1. The molecule has 0 bridgehead atoms. The predicted molar refractivity (Wildman–Crippen MR) is 158 cm³/mol. The number of carbonyl (C=O) groups is 2. The second-order valence-corrected chi connectivity index (χ2v) is 11.7. The first-order chi connectivity index (χ1) is 21.3. The summed E-state index contributed by atoms with van der Waals surface area (Å²) < 4.78 is 42.0. The maximum absolute atomic E-state index is 14.0. The van der Waals surface area contributed by atoms with Gasteiger partial charge in [-0.2, -0.15) is 22.7 Å². The molecule has 234 valence electrons. The lowest BCUT2D eigenvalue weighted by molar-refractivity contribution is -0.137. The Morgan fingerprint density at radius 1 is 1.18 bits per heavy atom. The molecule has 3 aromatic heterocycles. The zero-order chi connectivity index (χ0) is 32.3. The number of aromatic hydroxyl groups is 1. The van der Waals surface area contributed by atoms with Crippen molar-refractivity contribution in [2.75, 3.05) is 18.4 Å². The van der Waals surface area contributed by atoms with Gasteiger partial charge in [-0.1, -0.05) is 18.2 Å². The fraction of sp³-hybridized carbons (Fsp3) is 0.333. The van der Waals surface area contributed by atoms with Gasteiger partial charge in [-0.05, 0) is 68.5 Å². The smallest absolute Gasteiger partial charge is 0.416 e. The Balaban J connectivity index is 1.33. The second-order valence-electron chi connectivity index (χ2n) is 11.3. The Morgan fingerprint density at radius 3 is 2.56 bits per heavy atom. The van der Waals surface area contributed by atoms with Crippen LogP contribution >= 0.6 is 11.6 Å². The van der Waals surface area contributed by atoms with Crippen molar-refractivity contribution < 1.29 is 27.9 Å². The van der Waals surface area contributed by atoms with E-state index < -0.39 is 29.0 Å². The average molecular weight is 642 g/mol. The quantitative estimate of drug-likeness (QED) is 0.329. The van der Waals surface area contributed by atoms with Crippen LogP contribution in [0.1, 0.15) is 59.3 Å². The molecule has 1 spiro atoms. The van der Waals surface area contributed by atoms with Crippen LogP contribution in [-0.2, 0) is 29.4 Å². The van der Waals surface area contributed by atoms with Crippen molar-refractivity contribution in [2.45, 2.75) is 50.7 Å². The summed E-state index contributed by atoms with van der Waals surface area (Å²) in [5.74, 6) is -0.869. The van der Waals surface area contributed by atoms with Crippen molar-refractivity contribution in [1.82, 2.24) is 29.0 Å². The number of nitrogens with one attached hydrogen (secondary N) is 1. The Hall–Kier alpha value is -4.72. The predicted octanol–water partition coefficient (Wildman–Crippen LogP) is 4.46. The number of pyridine rings is 1. The molecule has 15 heteroatoms. The molecule has 45 heavy (non-hydrogen) atoms. The molecule has 0 unspecified atom stereocenters. The molecule has 1 aliphatic heterocycles. The van der Waals surface area contributed by atoms with Gasteiger partial charge in [0.1, 0.15) is 12.3 Å². The van der Waals surface area contributed by atoms with Crippen LogP contribution in [0.5, 0.6) is 5.75 Å². The molecule has 2 aliphatic rings. The van der Waals surface area contributed by atoms with Crippen LogP contribution in [-0.4, -0.2) is 59.1 Å². The van der Waals surface area contributed by atoms with Gasteiger partial charge >= 0.3 is 6.18 Å². The lowest BCUT2D eigenvalue weighted by Gasteiger charge is -2.39. The first kappa shape index (κ1) is 30.3. The van der Waals surface area contributed by atoms with Crippen LogP contribution in [0.2, 0.25) is 5.02 Å². The highest BCUT2D eigenvalue weighted by Gasteiger charge is 2.46. The van der Waals surface area contributed by atoms with Gasteiger partial charge in [-0.3, -0.25) is 14.4 Å². The zero-order valence-electron chi connectivity index (χ0n) is 24.0. The van der Waals surface area contributed by atoms with Crippen LogP contribution in [0, 0.1) is 0 Å². The Morgan fingerprint density at radius 2 is 1.91 bits per heavy atom. The zero-order valence-corrected chi connectivity index (χ0v) is 24.7. The third-order valence-corrected chi connectivity index (χ3v) is 8.79. The molecule has 4 heterocycles. The number of alkyl halides is 3. The molecule has 6 rings (SSSR count). The maximum Gasteiger partial charge on any atom is 0.416 e. The summed E-state index contributed by atoms with van der Waals surface area (Å²) in [5.41, 5.74) is -0.375. The van der Waals surface area contributed by atoms with Crippen molar-refractivity contribution in [1.29, 1.82) is 0 Å². The highest BCUT2D eigenvalue weighted by molar-refractivity contribution is 6.33. The largest absolute Gasteiger partial charge is 0.505 e. The van der Waals surface area contributed by atoms with Crippen molar-refractivity contribution in [3.63, 3.8) is 0 Å². The lowest BCUT2D eigenvalue weighted by Crippen LogP contribution is -2.46. The molecule has 1 fully saturated rings. The Labute approximate surface area is 259 Å². The number of piperidine rings is 1. The molecular formula is C30H27ClF3N7O4. The normalized spacial score (nSPS) is 15.8. The minimum atomic E-state index is -4.59. The first-order valence-electron chi connectivity index (χ1n) is 14.1. The lowest BCUT2D eigenvalue weighted by atomic mass is 9.74. The van der Waals surface area contributed by atoms with Gasteiger partial charge in [0.05, 0.1) is 16.3 Å². The van der Waals surface area contributed by atoms with Gasteiger partial charge in [0.2, 0.25) is 11.7 Å². The van der Waals surface area contributed by atoms with Gasteiger partial charge in [-0.15, -0.1) is 5.10 Å². The average Bonchev–Trinajstić information content (AvgIpc) is 3.60. The molecule has 0 radical (unpaired) electrons. The van der Waals surface area contributed by atoms with E-state index in [1.54, 1.807) is 16.4 Å². The van der Waals surface area contributed by atoms with Crippen LogP contribution in [0.15, 0.2) is 47.9 Å². The number of rotatable bonds is 5. The number of fused-ring (bicyclic) bond motifs is 3. The summed E-state index contributed by atoms with van der Waals surface area (Å²) >= 11 is 6.06. The third-order valence-electron chi connectivity index (χ3n) is 8.47. The number of benzene rings is 1. The Bertz CT molecular complexity index is 1940. The molecule has 0 atom stereocenters. The minimum Gasteiger partial charge on any atom is -0.505 e. The number of likely N-dealkylation sites (tertiary alicyclic amines) is 1. The van der Waals surface area contributed by atoms with E-state index in [2.05, 4.69) is 27.0 Å². The van der Waals surface area contributed by atoms with Crippen LogP contribution < -0.4 is 10.9 Å². The number of nitrogens with zero attached hydrogens (tertiary/aromatic N) is 6. The molecule has 11 nitrogen and oxygen atoms in total. The van der Waals surface area contributed by atoms with Crippen molar-refractivity contribution >= 4 is 40.5 Å². The summed E-state index contributed by atoms with van der Waals surface area (Å²) in [6, 6.07) is 5.57. The molecule has 1 aromatic carbocycles. The number of hydrogen-bond donors (Lipinski definition) is 2. The van der Waals surface area contributed by atoms with E-state index in [1.165, 1.54) is 18.3 Å². The van der Waals surface area contributed by atoms with E-state index in [4.69, 9.17) is 11.6 Å². The number of aromatic nitrogens is 5. The highest BCUT2D eigenvalue weighted by atomic mass is 35.5. The SMILES string of the molecule is C=C(C)c1nc2n(CC(=O)Nc3ccc(C(F)(F)F)cc3Cl)c3c(c(=O)n2n1)C1(CC3)CCN(C(=O)c2ncccc2O)CC1. The number of carbonyl (C=O) groups excluding carboxylic acids is 2. The van der Waals surface area contributed by atoms with Crippen LogP contribution in [0.4, 0.5) is 18.9 Å². The number of halogens is 4. The van der Waals surface area contributed by atoms with E-state index >= 15 is 0 Å². The molecule has 1 saturated heterocycles. The molecule has 2 N–H and O–H groups in total. The van der Waals surface area contributed by atoms with Gasteiger partial charge < -0.3 is 19.9 Å². The van der Waals surface area contributed by atoms with Gasteiger partial charge in [0, 0.05) is 36.0 Å². The van der Waals surface area contributed by atoms with Gasteiger partial charge in [-0.25, -0.2) is 4.98 Å². The summed E-state index contributed by atoms with van der Waals surface area (Å²) in [5, 5.41) is 16.8. The number of hydrogen-bond acceptors (Lipinski definition) is 7. The molecule has 1 aliphatic carbocycles. The van der Waals surface area contributed by atoms with Crippen molar-refractivity contribution in [3.8, 4) is 5.75 Å². The highest BCUT2D eigenvalue weighted by Crippen LogP contribution is 2.45. The van der Waals surface area contributed by atoms with Gasteiger partial charge in [0.15, 0.2) is 11.5 Å². The van der Waals surface area contributed by atoms with E-state index in [-0.39, 0.29) is 45.9 Å². The van der Waals surface area contributed by atoms with E-state index in [9.17, 15) is 32.7 Å². The summed E-state index contributed by atoms with van der Waals surface area (Å²) in [4.78, 5) is 50.5. The molecule has 4 aromatic rings. The molecule has 2 amide bonds. The fourth-order valence-electron chi connectivity index (χ4n) is 6.20. The van der Waals surface area contributed by atoms with Crippen molar-refractivity contribution in [3.05, 3.63) is 86.8 Å². The number of amides is 2. The molecule has 0 saturated carbocycles. The summed E-state index contributed by atoms with van der Waals surface area (Å²) in [6.07, 6.45) is -1.23. The van der Waals surface area contributed by atoms with E-state index in [0.29, 0.717) is 55.6 Å². The summed E-state index contributed by atoms with van der Waals surface area (Å²) in [6.45, 7) is 5.85. The second kappa shape index (κ2) is 11.0. The first-order valence-corrected chi connectivity index (χ1v) is 14.5. The minimum absolute atomic E-state index is 0.0000729. The topological polar surface area (TPSA) is 135 Å². The Kier molecular flexibility index (Phi) is 7.42. The van der Waals surface area contributed by atoms with E-state index in [1.807, 2.05) is 0 Å². The third kappa shape index (κ3) is 5.32.